The van der Waals surface area contributed by atoms with E-state index >= 15 is 0 Å². The quantitative estimate of drug-likeness (QED) is 0.503. The van der Waals surface area contributed by atoms with E-state index in [0.29, 0.717) is 21.7 Å². The van der Waals surface area contributed by atoms with Gasteiger partial charge in [-0.15, -0.1) is 5.92 Å². The van der Waals surface area contributed by atoms with E-state index in [-0.39, 0.29) is 5.92 Å². The Hall–Kier alpha value is -0.0235. The summed E-state index contributed by atoms with van der Waals surface area (Å²) < 4.78 is 7.94. The van der Waals surface area contributed by atoms with Crippen molar-refractivity contribution in [1.29, 1.82) is 0 Å². The molecule has 0 atom stereocenters. The van der Waals surface area contributed by atoms with Gasteiger partial charge in [0.05, 0.1) is 0 Å². The normalized spacial score (nSPS) is 26.9. The van der Waals surface area contributed by atoms with Crippen molar-refractivity contribution in [3.05, 3.63) is 6.42 Å². The number of carbonyl (C=O) groups excluding carboxylic acids is 1. The first-order valence-corrected chi connectivity index (χ1v) is 9.52. The molecule has 3 heteroatoms. The average Bonchev–Trinajstić information content (AvgIpc) is 2.35. The summed E-state index contributed by atoms with van der Waals surface area (Å²) in [6, 6.07) is 0. The minimum absolute atomic E-state index is 0.170. The maximum absolute atomic E-state index is 10.6. The monoisotopic (exact) mass is 381 g/mol. The molecule has 2 fully saturated rings. The van der Waals surface area contributed by atoms with Crippen molar-refractivity contribution in [2.45, 2.75) is 93.9 Å². The third kappa shape index (κ3) is 9.46. The molecule has 24 heavy (non-hydrogen) atoms. The molecule has 2 aliphatic carbocycles. The summed E-state index contributed by atoms with van der Waals surface area (Å²) in [5.74, 6) is 0.170. The van der Waals surface area contributed by atoms with Gasteiger partial charge in [0.2, 0.25) is 0 Å². The summed E-state index contributed by atoms with van der Waals surface area (Å²) in [4.78, 5) is 10.6. The van der Waals surface area contributed by atoms with Gasteiger partial charge in [-0.05, 0) is 23.7 Å². The van der Waals surface area contributed by atoms with Crippen LogP contribution < -0.4 is 0 Å². The Bertz CT molecular complexity index is 367. The van der Waals surface area contributed by atoms with Crippen molar-refractivity contribution in [3.63, 3.8) is 0 Å². The fourth-order valence-electron chi connectivity index (χ4n) is 5.22. The summed E-state index contributed by atoms with van der Waals surface area (Å²) in [5, 5.41) is 0. The van der Waals surface area contributed by atoms with Crippen molar-refractivity contribution in [3.8, 4) is 0 Å². The summed E-state index contributed by atoms with van der Waals surface area (Å²) in [5.41, 5.74) is 1.76. The fraction of sp³-hybridized carbons (Fsp3) is 0.905. The molecule has 0 spiro atoms. The molecule has 0 aromatic carbocycles. The summed E-state index contributed by atoms with van der Waals surface area (Å²) in [7, 11) is 0. The van der Waals surface area contributed by atoms with Gasteiger partial charge in [0.15, 0.2) is 0 Å². The minimum atomic E-state index is 0.170. The van der Waals surface area contributed by atoms with Gasteiger partial charge in [-0.2, -0.15) is 12.8 Å². The van der Waals surface area contributed by atoms with Crippen LogP contribution in [0, 0.1) is 34.0 Å². The summed E-state index contributed by atoms with van der Waals surface area (Å²) >= 11 is 2.31. The number of rotatable bonds is 1. The predicted octanol–water partition coefficient (Wildman–Crippen LogP) is 6.25. The van der Waals surface area contributed by atoms with E-state index in [1.807, 2.05) is 0 Å². The summed E-state index contributed by atoms with van der Waals surface area (Å²) in [6.45, 7) is 18.5. The van der Waals surface area contributed by atoms with E-state index in [0.717, 1.165) is 12.8 Å². The van der Waals surface area contributed by atoms with Crippen LogP contribution in [0.3, 0.4) is 0 Å². The second kappa shape index (κ2) is 9.07. The molecule has 0 bridgehead atoms. The molecular weight excluding hydrogens is 343 g/mol. The molecule has 0 unspecified atom stereocenters. The molecule has 2 saturated carbocycles. The van der Waals surface area contributed by atoms with Crippen LogP contribution in [0.5, 0.6) is 0 Å². The van der Waals surface area contributed by atoms with Crippen LogP contribution in [0.4, 0.5) is 0 Å². The Labute approximate surface area is 158 Å². The third-order valence-corrected chi connectivity index (χ3v) is 5.07. The number of hydrogen-bond donors (Lipinski definition) is 0. The molecule has 2 nitrogen and oxygen atoms in total. The molecule has 145 valence electrons. The SMILES string of the molecule is CC1(C)CC([C-]=O)CC(C)(C)C1.CC1(C)C[CH-]CC(C)(C)C1.[O]=[Co]. The molecule has 2 rings (SSSR count). The Morgan fingerprint density at radius 2 is 1.08 bits per heavy atom. The maximum atomic E-state index is 10.6. The molecule has 0 heterocycles. The van der Waals surface area contributed by atoms with Crippen LogP contribution >= 0.6 is 0 Å². The zero-order valence-corrected chi connectivity index (χ0v) is 18.1. The predicted molar refractivity (Wildman–Crippen MR) is 97.0 cm³/mol. The van der Waals surface area contributed by atoms with Crippen molar-refractivity contribution < 1.29 is 24.3 Å². The molecule has 2 aliphatic rings. The molecule has 0 aromatic rings. The van der Waals surface area contributed by atoms with Gasteiger partial charge in [0, 0.05) is 0 Å². The van der Waals surface area contributed by atoms with Gasteiger partial charge >= 0.3 is 19.5 Å². The van der Waals surface area contributed by atoms with E-state index in [4.69, 9.17) is 3.87 Å². The van der Waals surface area contributed by atoms with Crippen LogP contribution in [0.15, 0.2) is 0 Å². The van der Waals surface area contributed by atoms with E-state index < -0.39 is 0 Å². The number of hydrogen-bond acceptors (Lipinski definition) is 2. The average molecular weight is 381 g/mol. The van der Waals surface area contributed by atoms with Crippen molar-refractivity contribution in [1.82, 2.24) is 0 Å². The molecule has 0 radical (unpaired) electrons. The van der Waals surface area contributed by atoms with E-state index in [1.165, 1.54) is 25.7 Å². The molecule has 0 saturated heterocycles. The Balaban J connectivity index is 0.000000405. The van der Waals surface area contributed by atoms with Crippen LogP contribution in [-0.4, -0.2) is 6.29 Å². The van der Waals surface area contributed by atoms with Crippen molar-refractivity contribution in [2.75, 3.05) is 0 Å². The molecular formula is C21H38CoO2-2. The van der Waals surface area contributed by atoms with Crippen molar-refractivity contribution >= 4 is 6.29 Å². The topological polar surface area (TPSA) is 34.1 Å². The van der Waals surface area contributed by atoms with E-state index in [1.54, 1.807) is 0 Å². The van der Waals surface area contributed by atoms with Crippen LogP contribution in [0.1, 0.15) is 93.9 Å². The van der Waals surface area contributed by atoms with Gasteiger partial charge in [-0.25, -0.2) is 0 Å². The third-order valence-electron chi connectivity index (χ3n) is 5.07. The van der Waals surface area contributed by atoms with Crippen LogP contribution in [-0.2, 0) is 24.3 Å². The molecule has 0 N–H and O–H groups in total. The van der Waals surface area contributed by atoms with Gasteiger partial charge in [0.1, 0.15) is 0 Å². The van der Waals surface area contributed by atoms with Crippen LogP contribution in [0.2, 0.25) is 0 Å². The van der Waals surface area contributed by atoms with Gasteiger partial charge in [-0.3, -0.25) is 6.29 Å². The molecule has 0 aliphatic heterocycles. The fourth-order valence-corrected chi connectivity index (χ4v) is 5.22. The Morgan fingerprint density at radius 1 is 0.750 bits per heavy atom. The standard InChI is InChI=1S/C11H19O.C10H19.Co.O/c1-10(2)5-9(7-12)6-11(3,4)8-10;1-9(2)6-5-7-10(3,4)8-9;;/h9H,5-6,8H2,1-4H3;5H,6-8H2,1-4H3;;/q2*-1;;. The zero-order chi connectivity index (χ0) is 19.2. The van der Waals surface area contributed by atoms with Gasteiger partial charge < -0.3 is 11.2 Å². The van der Waals surface area contributed by atoms with Gasteiger partial charge in [-0.1, -0.05) is 79.1 Å². The van der Waals surface area contributed by atoms with E-state index in [2.05, 4.69) is 83.8 Å². The second-order valence-corrected chi connectivity index (χ2v) is 10.9. The summed E-state index contributed by atoms with van der Waals surface area (Å²) in [6.07, 6.45) is 11.8. The first-order valence-electron chi connectivity index (χ1n) is 9.09. The zero-order valence-electron chi connectivity index (χ0n) is 17.0. The van der Waals surface area contributed by atoms with Crippen molar-refractivity contribution in [2.24, 2.45) is 27.6 Å². The van der Waals surface area contributed by atoms with Gasteiger partial charge in [0.25, 0.3) is 0 Å². The Kier molecular flexibility index (Phi) is 9.06. The molecule has 0 amide bonds. The first kappa shape index (κ1) is 24.0. The Morgan fingerprint density at radius 3 is 1.33 bits per heavy atom. The molecule has 0 aromatic heterocycles. The van der Waals surface area contributed by atoms with Crippen LogP contribution in [0.25, 0.3) is 0 Å². The first-order chi connectivity index (χ1) is 10.8. The second-order valence-electron chi connectivity index (χ2n) is 10.9. The van der Waals surface area contributed by atoms with E-state index in [9.17, 15) is 4.79 Å².